The van der Waals surface area contributed by atoms with Crippen LogP contribution in [-0.2, 0) is 0 Å². The Morgan fingerprint density at radius 1 is 1.40 bits per heavy atom. The number of allylic oxidation sites excluding steroid dienone is 1. The van der Waals surface area contributed by atoms with Gasteiger partial charge in [-0.3, -0.25) is 4.79 Å². The van der Waals surface area contributed by atoms with Crippen LogP contribution < -0.4 is 21.3 Å². The van der Waals surface area contributed by atoms with Crippen LogP contribution in [0.15, 0.2) is 46.6 Å². The van der Waals surface area contributed by atoms with Crippen LogP contribution in [-0.4, -0.2) is 17.0 Å². The fourth-order valence-corrected chi connectivity index (χ4v) is 3.85. The molecule has 0 radical (unpaired) electrons. The van der Waals surface area contributed by atoms with Gasteiger partial charge in [0.1, 0.15) is 16.3 Å². The van der Waals surface area contributed by atoms with E-state index in [1.165, 1.54) is 11.3 Å². The molecule has 124 valence electrons. The molecule has 1 aliphatic rings. The third-order valence-electron chi connectivity index (χ3n) is 4.08. The zero-order valence-electron chi connectivity index (χ0n) is 13.2. The lowest BCUT2D eigenvalue weighted by Crippen LogP contribution is -2.27. The number of anilines is 1. The second-order valence-corrected chi connectivity index (χ2v) is 6.48. The maximum absolute atomic E-state index is 12.8. The van der Waals surface area contributed by atoms with Crippen LogP contribution in [0.5, 0.6) is 5.75 Å². The van der Waals surface area contributed by atoms with Gasteiger partial charge in [0, 0.05) is 7.05 Å². The number of H-pyrrole nitrogens is 1. The fraction of sp³-hybridized carbons (Fsp3) is 0.118. The summed E-state index contributed by atoms with van der Waals surface area (Å²) in [6.45, 7) is 0. The number of nitrogens with one attached hydrogen (secondary N) is 2. The van der Waals surface area contributed by atoms with Gasteiger partial charge in [-0.2, -0.15) is 5.26 Å². The van der Waals surface area contributed by atoms with E-state index in [0.29, 0.717) is 26.8 Å². The van der Waals surface area contributed by atoms with Crippen molar-refractivity contribution in [2.24, 2.45) is 5.73 Å². The number of nitrogens with two attached hydrogens (primary N) is 1. The minimum Gasteiger partial charge on any atom is -0.438 e. The molecule has 0 amide bonds. The molecule has 8 heteroatoms. The lowest BCUT2D eigenvalue weighted by Gasteiger charge is -2.25. The summed E-state index contributed by atoms with van der Waals surface area (Å²) in [7, 11) is 1.75. The van der Waals surface area contributed by atoms with Gasteiger partial charge >= 0.3 is 0 Å². The molecule has 0 saturated heterocycles. The molecule has 4 N–H and O–H groups in total. The van der Waals surface area contributed by atoms with E-state index >= 15 is 0 Å². The first kappa shape index (κ1) is 15.2. The second-order valence-electron chi connectivity index (χ2n) is 5.48. The number of hydrogen-bond acceptors (Lipinski definition) is 7. The molecule has 0 spiro atoms. The average molecular weight is 351 g/mol. The molecule has 2 aromatic heterocycles. The smallest absolute Gasteiger partial charge is 0.257 e. The fourth-order valence-electron chi connectivity index (χ4n) is 2.98. The summed E-state index contributed by atoms with van der Waals surface area (Å²) in [4.78, 5) is 19.9. The van der Waals surface area contributed by atoms with E-state index in [0.717, 1.165) is 5.56 Å². The van der Waals surface area contributed by atoms with Crippen molar-refractivity contribution < 1.29 is 4.74 Å². The van der Waals surface area contributed by atoms with E-state index in [2.05, 4.69) is 21.4 Å². The lowest BCUT2D eigenvalue weighted by atomic mass is 9.84. The summed E-state index contributed by atoms with van der Waals surface area (Å²) >= 11 is 1.35. The summed E-state index contributed by atoms with van der Waals surface area (Å²) in [5.41, 5.74) is 7.49. The number of nitriles is 1. The predicted molar refractivity (Wildman–Crippen MR) is 95.5 cm³/mol. The van der Waals surface area contributed by atoms with E-state index in [-0.39, 0.29) is 17.0 Å². The number of pyridine rings is 1. The Bertz CT molecular complexity index is 1110. The molecule has 1 atom stereocenters. The van der Waals surface area contributed by atoms with E-state index < -0.39 is 5.92 Å². The monoisotopic (exact) mass is 351 g/mol. The third-order valence-corrected chi connectivity index (χ3v) is 5.15. The van der Waals surface area contributed by atoms with Gasteiger partial charge in [0.25, 0.3) is 5.56 Å². The number of ether oxygens (including phenoxy) is 1. The number of fused-ring (bicyclic) bond motifs is 3. The van der Waals surface area contributed by atoms with Gasteiger partial charge in [0.15, 0.2) is 16.5 Å². The van der Waals surface area contributed by atoms with Crippen molar-refractivity contribution in [3.63, 3.8) is 0 Å². The van der Waals surface area contributed by atoms with Gasteiger partial charge in [-0.15, -0.1) is 0 Å². The minimum atomic E-state index is -0.580. The van der Waals surface area contributed by atoms with Crippen LogP contribution in [0, 0.1) is 11.3 Å². The van der Waals surface area contributed by atoms with Crippen LogP contribution in [0.1, 0.15) is 17.0 Å². The Hall–Kier alpha value is -3.31. The minimum absolute atomic E-state index is 0.00941. The van der Waals surface area contributed by atoms with Crippen molar-refractivity contribution >= 4 is 26.8 Å². The van der Waals surface area contributed by atoms with E-state index in [1.807, 2.05) is 30.3 Å². The number of rotatable bonds is 2. The number of hydrogen-bond donors (Lipinski definition) is 3. The Labute approximate surface area is 146 Å². The van der Waals surface area contributed by atoms with Crippen LogP contribution >= 0.6 is 11.3 Å². The highest BCUT2D eigenvalue weighted by molar-refractivity contribution is 7.22. The molecule has 1 aromatic carbocycles. The first-order valence-electron chi connectivity index (χ1n) is 7.51. The molecule has 0 bridgehead atoms. The van der Waals surface area contributed by atoms with Crippen LogP contribution in [0.2, 0.25) is 0 Å². The Kier molecular flexibility index (Phi) is 3.44. The summed E-state index contributed by atoms with van der Waals surface area (Å²) in [5.74, 6) is -0.207. The quantitative estimate of drug-likeness (QED) is 0.652. The van der Waals surface area contributed by atoms with Gasteiger partial charge in [0.2, 0.25) is 5.88 Å². The second kappa shape index (κ2) is 5.65. The normalized spacial score (nSPS) is 16.2. The summed E-state index contributed by atoms with van der Waals surface area (Å²) < 4.78 is 6.38. The number of nitrogens with zero attached hydrogens (tertiary/aromatic N) is 2. The summed E-state index contributed by atoms with van der Waals surface area (Å²) in [6.07, 6.45) is 0. The van der Waals surface area contributed by atoms with Crippen LogP contribution in [0.4, 0.5) is 5.13 Å². The molecular formula is C17H13N5O2S. The molecule has 1 aliphatic heterocycles. The molecular weight excluding hydrogens is 338 g/mol. The molecule has 0 fully saturated rings. The number of thiazole rings is 1. The highest BCUT2D eigenvalue weighted by atomic mass is 32.1. The van der Waals surface area contributed by atoms with Crippen molar-refractivity contribution in [3.05, 3.63) is 63.3 Å². The zero-order valence-corrected chi connectivity index (χ0v) is 14.0. The maximum atomic E-state index is 12.8. The first-order valence-corrected chi connectivity index (χ1v) is 8.32. The molecule has 3 heterocycles. The van der Waals surface area contributed by atoms with Crippen LogP contribution in [0.25, 0.3) is 10.3 Å². The Morgan fingerprint density at radius 3 is 2.84 bits per heavy atom. The van der Waals surface area contributed by atoms with Crippen molar-refractivity contribution in [2.75, 3.05) is 12.4 Å². The topological polar surface area (TPSA) is 117 Å². The molecule has 3 aromatic rings. The maximum Gasteiger partial charge on any atom is 0.257 e. The molecule has 0 aliphatic carbocycles. The molecule has 25 heavy (non-hydrogen) atoms. The van der Waals surface area contributed by atoms with Crippen molar-refractivity contribution in [1.29, 1.82) is 5.26 Å². The van der Waals surface area contributed by atoms with E-state index in [4.69, 9.17) is 10.5 Å². The highest BCUT2D eigenvalue weighted by Crippen LogP contribution is 2.44. The van der Waals surface area contributed by atoms with Gasteiger partial charge in [-0.1, -0.05) is 41.7 Å². The van der Waals surface area contributed by atoms with Gasteiger partial charge in [-0.05, 0) is 5.56 Å². The molecule has 0 saturated carbocycles. The van der Waals surface area contributed by atoms with E-state index in [1.54, 1.807) is 7.05 Å². The zero-order chi connectivity index (χ0) is 17.6. The molecule has 4 rings (SSSR count). The SMILES string of the molecule is CNc1nc2[nH]c(=O)c3c(c2s1)OC(N)=C(C#N)[C@H]3c1ccccc1. The highest BCUT2D eigenvalue weighted by Gasteiger charge is 2.35. The summed E-state index contributed by atoms with van der Waals surface area (Å²) in [6, 6.07) is 11.4. The van der Waals surface area contributed by atoms with Crippen molar-refractivity contribution in [1.82, 2.24) is 9.97 Å². The van der Waals surface area contributed by atoms with Crippen molar-refractivity contribution in [3.8, 4) is 11.8 Å². The van der Waals surface area contributed by atoms with Gasteiger partial charge in [-0.25, -0.2) is 4.98 Å². The first-order chi connectivity index (χ1) is 12.1. The molecule has 0 unspecified atom stereocenters. The lowest BCUT2D eigenvalue weighted by molar-refractivity contribution is 0.397. The van der Waals surface area contributed by atoms with Crippen LogP contribution in [0.3, 0.4) is 0 Å². The summed E-state index contributed by atoms with van der Waals surface area (Å²) in [5, 5.41) is 13.2. The van der Waals surface area contributed by atoms with Crippen molar-refractivity contribution in [2.45, 2.75) is 5.92 Å². The van der Waals surface area contributed by atoms with E-state index in [9.17, 15) is 10.1 Å². The Morgan fingerprint density at radius 2 is 2.16 bits per heavy atom. The predicted octanol–water partition coefficient (Wildman–Crippen LogP) is 2.24. The number of benzene rings is 1. The number of aromatic amines is 1. The largest absolute Gasteiger partial charge is 0.438 e. The van der Waals surface area contributed by atoms with Gasteiger partial charge in [0.05, 0.1) is 11.5 Å². The average Bonchev–Trinajstić information content (AvgIpc) is 3.04. The number of aromatic nitrogens is 2. The standard InChI is InChI=1S/C17H13N5O2S/c1-20-17-22-15-13(25-17)12-11(16(23)21-15)10(8-5-3-2-4-6-8)9(7-18)14(19)24-12/h2-6,10H,19H2,1H3,(H2,20,21,22,23)/t10-/m1/s1. The molecule has 7 nitrogen and oxygen atoms in total. The van der Waals surface area contributed by atoms with Gasteiger partial charge < -0.3 is 20.8 Å². The third kappa shape index (κ3) is 2.25. The Balaban J connectivity index is 2.07.